The Balaban J connectivity index is 1.56. The zero-order valence-electron chi connectivity index (χ0n) is 18.9. The number of nitrogens with one attached hydrogen (secondary N) is 2. The van der Waals surface area contributed by atoms with Gasteiger partial charge in [-0.1, -0.05) is 67.9 Å². The van der Waals surface area contributed by atoms with E-state index in [0.717, 1.165) is 22.4 Å². The zero-order chi connectivity index (χ0) is 22.7. The van der Waals surface area contributed by atoms with Gasteiger partial charge in [0.2, 0.25) is 5.91 Å². The molecule has 3 aromatic rings. The summed E-state index contributed by atoms with van der Waals surface area (Å²) in [4.78, 5) is 27.7. The van der Waals surface area contributed by atoms with Gasteiger partial charge in [0.05, 0.1) is 5.92 Å². The van der Waals surface area contributed by atoms with Crippen LogP contribution in [-0.4, -0.2) is 46.5 Å². The summed E-state index contributed by atoms with van der Waals surface area (Å²) < 4.78 is 0. The van der Waals surface area contributed by atoms with Gasteiger partial charge in [0.1, 0.15) is 5.69 Å². The van der Waals surface area contributed by atoms with Crippen molar-refractivity contribution in [3.8, 4) is 11.1 Å². The number of rotatable bonds is 5. The molecule has 1 aromatic heterocycles. The first-order valence-electron chi connectivity index (χ1n) is 11.2. The fourth-order valence-electron chi connectivity index (χ4n) is 4.12. The predicted molar refractivity (Wildman–Crippen MR) is 125 cm³/mol. The monoisotopic (exact) mass is 430 g/mol. The molecule has 1 aliphatic rings. The topological polar surface area (TPSA) is 78.1 Å². The molecule has 2 N–H and O–H groups in total. The largest absolute Gasteiger partial charge is 0.354 e. The molecule has 166 valence electrons. The van der Waals surface area contributed by atoms with Gasteiger partial charge < -0.3 is 10.2 Å². The van der Waals surface area contributed by atoms with Crippen LogP contribution in [0.15, 0.2) is 54.6 Å². The molecular formula is C26H30N4O2. The summed E-state index contributed by atoms with van der Waals surface area (Å²) in [7, 11) is 0. The van der Waals surface area contributed by atoms with Crippen LogP contribution in [-0.2, 0) is 11.2 Å². The zero-order valence-corrected chi connectivity index (χ0v) is 18.9. The Hall–Kier alpha value is -3.41. The molecule has 2 aromatic carbocycles. The second-order valence-electron chi connectivity index (χ2n) is 8.83. The van der Waals surface area contributed by atoms with Gasteiger partial charge in [-0.25, -0.2) is 0 Å². The molecular weight excluding hydrogens is 400 g/mol. The van der Waals surface area contributed by atoms with Gasteiger partial charge in [0, 0.05) is 25.3 Å². The Morgan fingerprint density at radius 3 is 2.62 bits per heavy atom. The second-order valence-corrected chi connectivity index (χ2v) is 8.83. The van der Waals surface area contributed by atoms with Crippen LogP contribution >= 0.6 is 0 Å². The van der Waals surface area contributed by atoms with Crippen LogP contribution in [0.4, 0.5) is 0 Å². The number of hydrogen-bond acceptors (Lipinski definition) is 3. The normalized spacial score (nSPS) is 16.7. The molecule has 4 rings (SSSR count). The summed E-state index contributed by atoms with van der Waals surface area (Å²) in [5.74, 6) is -0.204. The van der Waals surface area contributed by atoms with Crippen LogP contribution < -0.4 is 5.32 Å². The molecule has 6 heteroatoms. The summed E-state index contributed by atoms with van der Waals surface area (Å²) in [6, 6.07) is 18.4. The molecule has 2 heterocycles. The molecule has 1 unspecified atom stereocenters. The number of carbonyl (C=O) groups excluding carboxylic acids is 2. The number of aromatic nitrogens is 2. The van der Waals surface area contributed by atoms with Crippen LogP contribution in [0.25, 0.3) is 11.1 Å². The summed E-state index contributed by atoms with van der Waals surface area (Å²) in [6.45, 7) is 7.47. The van der Waals surface area contributed by atoms with Crippen molar-refractivity contribution < 1.29 is 9.59 Å². The average molecular weight is 431 g/mol. The van der Waals surface area contributed by atoms with E-state index in [4.69, 9.17) is 0 Å². The van der Waals surface area contributed by atoms with Crippen LogP contribution in [0.1, 0.15) is 47.1 Å². The number of benzene rings is 2. The average Bonchev–Trinajstić information content (AvgIpc) is 3.22. The molecule has 0 spiro atoms. The minimum Gasteiger partial charge on any atom is -0.354 e. The number of aryl methyl sites for hydroxylation is 1. The number of H-pyrrole nitrogens is 1. The van der Waals surface area contributed by atoms with E-state index in [0.29, 0.717) is 31.7 Å². The summed E-state index contributed by atoms with van der Waals surface area (Å²) in [6.07, 6.45) is 0.567. The van der Waals surface area contributed by atoms with Gasteiger partial charge in [0.25, 0.3) is 5.91 Å². The highest BCUT2D eigenvalue weighted by Crippen LogP contribution is 2.27. The molecule has 0 radical (unpaired) electrons. The van der Waals surface area contributed by atoms with Gasteiger partial charge in [-0.05, 0) is 42.0 Å². The van der Waals surface area contributed by atoms with Crippen molar-refractivity contribution in [2.75, 3.05) is 19.6 Å². The van der Waals surface area contributed by atoms with Gasteiger partial charge in [0.15, 0.2) is 0 Å². The lowest BCUT2D eigenvalue weighted by atomic mass is 9.91. The third kappa shape index (κ3) is 4.74. The Morgan fingerprint density at radius 2 is 1.91 bits per heavy atom. The summed E-state index contributed by atoms with van der Waals surface area (Å²) in [5, 5.41) is 10.1. The minimum absolute atomic E-state index is 0.0103. The lowest BCUT2D eigenvalue weighted by Gasteiger charge is -2.23. The fourth-order valence-corrected chi connectivity index (χ4v) is 4.12. The van der Waals surface area contributed by atoms with E-state index in [1.165, 1.54) is 5.56 Å². The maximum Gasteiger partial charge on any atom is 0.274 e. The van der Waals surface area contributed by atoms with E-state index in [1.54, 1.807) is 4.90 Å². The van der Waals surface area contributed by atoms with Crippen molar-refractivity contribution >= 4 is 11.8 Å². The number of aromatic amines is 1. The van der Waals surface area contributed by atoms with E-state index in [2.05, 4.69) is 72.7 Å². The maximum absolute atomic E-state index is 13.1. The number of nitrogens with zero attached hydrogens (tertiary/aromatic N) is 2. The molecule has 1 fully saturated rings. The van der Waals surface area contributed by atoms with Crippen LogP contribution in [0.3, 0.4) is 0 Å². The Labute approximate surface area is 189 Å². The highest BCUT2D eigenvalue weighted by Gasteiger charge is 2.30. The number of amides is 2. The van der Waals surface area contributed by atoms with Crippen molar-refractivity contribution in [2.45, 2.75) is 33.1 Å². The lowest BCUT2D eigenvalue weighted by molar-refractivity contribution is -0.124. The van der Waals surface area contributed by atoms with Gasteiger partial charge in [-0.2, -0.15) is 5.10 Å². The Kier molecular flexibility index (Phi) is 6.40. The lowest BCUT2D eigenvalue weighted by Crippen LogP contribution is -2.37. The Bertz CT molecular complexity index is 1100. The van der Waals surface area contributed by atoms with E-state index in [-0.39, 0.29) is 23.7 Å². The molecule has 2 amide bonds. The molecule has 1 aliphatic heterocycles. The first-order valence-corrected chi connectivity index (χ1v) is 11.2. The molecule has 1 atom stereocenters. The van der Waals surface area contributed by atoms with E-state index in [1.807, 2.05) is 18.2 Å². The molecule has 32 heavy (non-hydrogen) atoms. The summed E-state index contributed by atoms with van der Waals surface area (Å²) >= 11 is 0. The van der Waals surface area contributed by atoms with Gasteiger partial charge in [-0.3, -0.25) is 14.7 Å². The van der Waals surface area contributed by atoms with Gasteiger partial charge in [-0.15, -0.1) is 0 Å². The Morgan fingerprint density at radius 1 is 1.16 bits per heavy atom. The van der Waals surface area contributed by atoms with Crippen molar-refractivity contribution in [3.63, 3.8) is 0 Å². The third-order valence-corrected chi connectivity index (χ3v) is 6.06. The standard InChI is InChI=1S/C26H30N4O2/c1-17(2)23-15-24(29-28-23)26(32)30-13-12-27-25(31)21(16-30)14-20-6-4-5-7-22(20)19-10-8-18(3)9-11-19/h4-11,15,17,21H,12-14,16H2,1-3H3,(H,27,31)(H,28,29). The highest BCUT2D eigenvalue weighted by molar-refractivity contribution is 5.93. The predicted octanol–water partition coefficient (Wildman–Crippen LogP) is 3.94. The molecule has 0 saturated carbocycles. The fraction of sp³-hybridized carbons (Fsp3) is 0.346. The molecule has 0 bridgehead atoms. The van der Waals surface area contributed by atoms with E-state index < -0.39 is 0 Å². The van der Waals surface area contributed by atoms with Crippen LogP contribution in [0.2, 0.25) is 0 Å². The second kappa shape index (κ2) is 9.39. The molecule has 6 nitrogen and oxygen atoms in total. The first kappa shape index (κ1) is 21.8. The number of carbonyl (C=O) groups is 2. The third-order valence-electron chi connectivity index (χ3n) is 6.06. The van der Waals surface area contributed by atoms with Crippen LogP contribution in [0.5, 0.6) is 0 Å². The SMILES string of the molecule is Cc1ccc(-c2ccccc2CC2CN(C(=O)c3cc(C(C)C)[nH]n3)CCNC2=O)cc1. The molecule has 1 saturated heterocycles. The van der Waals surface area contributed by atoms with E-state index >= 15 is 0 Å². The van der Waals surface area contributed by atoms with E-state index in [9.17, 15) is 9.59 Å². The van der Waals surface area contributed by atoms with Crippen molar-refractivity contribution in [2.24, 2.45) is 5.92 Å². The smallest absolute Gasteiger partial charge is 0.274 e. The molecule has 0 aliphatic carbocycles. The summed E-state index contributed by atoms with van der Waals surface area (Å²) in [5.41, 5.74) is 5.90. The van der Waals surface area contributed by atoms with Crippen molar-refractivity contribution in [3.05, 3.63) is 77.1 Å². The van der Waals surface area contributed by atoms with Crippen molar-refractivity contribution in [1.29, 1.82) is 0 Å². The van der Waals surface area contributed by atoms with Crippen LogP contribution in [0, 0.1) is 12.8 Å². The maximum atomic E-state index is 13.1. The quantitative estimate of drug-likeness (QED) is 0.644. The highest BCUT2D eigenvalue weighted by atomic mass is 16.2. The minimum atomic E-state index is -0.323. The van der Waals surface area contributed by atoms with Gasteiger partial charge >= 0.3 is 0 Å². The first-order chi connectivity index (χ1) is 15.4. The number of hydrogen-bond donors (Lipinski definition) is 2. The van der Waals surface area contributed by atoms with Crippen molar-refractivity contribution in [1.82, 2.24) is 20.4 Å².